The maximum Gasteiger partial charge on any atom is 0.146 e. The van der Waals surface area contributed by atoms with E-state index in [4.69, 9.17) is 5.26 Å². The van der Waals surface area contributed by atoms with Crippen LogP contribution in [0.1, 0.15) is 17.7 Å². The second-order valence-electron chi connectivity index (χ2n) is 4.79. The minimum Gasteiger partial charge on any atom is -0.354 e. The van der Waals surface area contributed by atoms with Crippen LogP contribution in [0.5, 0.6) is 0 Å². The molecule has 1 fully saturated rings. The summed E-state index contributed by atoms with van der Waals surface area (Å²) in [6, 6.07) is 6.54. The molecule has 1 aromatic rings. The molecule has 0 N–H and O–H groups in total. The van der Waals surface area contributed by atoms with Crippen molar-refractivity contribution in [2.75, 3.05) is 32.1 Å². The molecule has 0 radical (unpaired) electrons. The normalized spacial score (nSPS) is 19.7. The number of aromatic nitrogens is 1. The Morgan fingerprint density at radius 1 is 1.47 bits per heavy atom. The third-order valence-corrected chi connectivity index (χ3v) is 3.33. The maximum atomic E-state index is 9.12. The largest absolute Gasteiger partial charge is 0.354 e. The highest BCUT2D eigenvalue weighted by Gasteiger charge is 2.26. The summed E-state index contributed by atoms with van der Waals surface area (Å²) in [4.78, 5) is 8.96. The van der Waals surface area contributed by atoms with Crippen molar-refractivity contribution in [3.05, 3.63) is 23.4 Å². The zero-order chi connectivity index (χ0) is 12.4. The molecule has 2 rings (SSSR count). The number of hydrogen-bond donors (Lipinski definition) is 0. The van der Waals surface area contributed by atoms with E-state index in [0.29, 0.717) is 11.6 Å². The first-order chi connectivity index (χ1) is 8.11. The van der Waals surface area contributed by atoms with Crippen molar-refractivity contribution in [2.24, 2.45) is 0 Å². The van der Waals surface area contributed by atoms with Crippen LogP contribution in [-0.4, -0.2) is 43.1 Å². The van der Waals surface area contributed by atoms with Gasteiger partial charge in [0.05, 0.1) is 5.56 Å². The van der Waals surface area contributed by atoms with E-state index < -0.39 is 0 Å². The second kappa shape index (κ2) is 4.72. The van der Waals surface area contributed by atoms with E-state index in [9.17, 15) is 0 Å². The van der Waals surface area contributed by atoms with Gasteiger partial charge in [-0.05, 0) is 39.6 Å². The zero-order valence-corrected chi connectivity index (χ0v) is 10.6. The Balaban J connectivity index is 2.24. The van der Waals surface area contributed by atoms with E-state index in [-0.39, 0.29) is 0 Å². The lowest BCUT2D eigenvalue weighted by molar-refractivity contribution is 0.315. The average molecular weight is 230 g/mol. The van der Waals surface area contributed by atoms with E-state index in [1.54, 1.807) is 0 Å². The molecule has 2 heterocycles. The Bertz CT molecular complexity index is 447. The first-order valence-corrected chi connectivity index (χ1v) is 5.91. The summed E-state index contributed by atoms with van der Waals surface area (Å²) in [6.45, 7) is 3.90. The van der Waals surface area contributed by atoms with E-state index in [2.05, 4.69) is 34.9 Å². The van der Waals surface area contributed by atoms with Gasteiger partial charge in [0.2, 0.25) is 0 Å². The number of nitrogens with zero attached hydrogens (tertiary/aromatic N) is 4. The van der Waals surface area contributed by atoms with Crippen molar-refractivity contribution in [3.63, 3.8) is 0 Å². The molecule has 4 heteroatoms. The molecular formula is C13H18N4. The lowest BCUT2D eigenvalue weighted by Crippen LogP contribution is -2.32. The fraction of sp³-hybridized carbons (Fsp3) is 0.538. The Hall–Kier alpha value is -1.60. The Morgan fingerprint density at radius 3 is 2.82 bits per heavy atom. The summed E-state index contributed by atoms with van der Waals surface area (Å²) < 4.78 is 0. The monoisotopic (exact) mass is 230 g/mol. The SMILES string of the molecule is Cc1ccc(C#N)c(N2CCC(N(C)C)C2)n1. The van der Waals surface area contributed by atoms with E-state index >= 15 is 0 Å². The molecule has 1 aliphatic rings. The summed E-state index contributed by atoms with van der Waals surface area (Å²) >= 11 is 0. The maximum absolute atomic E-state index is 9.12. The Kier molecular flexibility index (Phi) is 3.30. The van der Waals surface area contributed by atoms with Crippen LogP contribution in [0.3, 0.4) is 0 Å². The van der Waals surface area contributed by atoms with Crippen molar-refractivity contribution in [1.29, 1.82) is 5.26 Å². The average Bonchev–Trinajstić information content (AvgIpc) is 2.78. The smallest absolute Gasteiger partial charge is 0.146 e. The quantitative estimate of drug-likeness (QED) is 0.770. The summed E-state index contributed by atoms with van der Waals surface area (Å²) in [7, 11) is 4.20. The van der Waals surface area contributed by atoms with Gasteiger partial charge in [-0.2, -0.15) is 5.26 Å². The molecule has 1 aliphatic heterocycles. The molecule has 90 valence electrons. The molecular weight excluding hydrogens is 212 g/mol. The predicted octanol–water partition coefficient (Wildman–Crippen LogP) is 1.40. The van der Waals surface area contributed by atoms with Crippen LogP contribution in [0.15, 0.2) is 12.1 Å². The molecule has 0 aliphatic carbocycles. The van der Waals surface area contributed by atoms with Crippen LogP contribution < -0.4 is 4.90 Å². The van der Waals surface area contributed by atoms with E-state index in [1.165, 1.54) is 0 Å². The van der Waals surface area contributed by atoms with Crippen LogP contribution in [0, 0.1) is 18.3 Å². The van der Waals surface area contributed by atoms with Gasteiger partial charge in [0.1, 0.15) is 11.9 Å². The molecule has 1 atom stereocenters. The van der Waals surface area contributed by atoms with Gasteiger partial charge in [0, 0.05) is 24.8 Å². The van der Waals surface area contributed by atoms with E-state index in [1.807, 2.05) is 19.1 Å². The van der Waals surface area contributed by atoms with Crippen molar-refractivity contribution >= 4 is 5.82 Å². The van der Waals surface area contributed by atoms with Gasteiger partial charge in [0.15, 0.2) is 0 Å². The van der Waals surface area contributed by atoms with Gasteiger partial charge in [-0.1, -0.05) is 0 Å². The number of nitriles is 1. The minimum absolute atomic E-state index is 0.559. The molecule has 0 bridgehead atoms. The second-order valence-corrected chi connectivity index (χ2v) is 4.79. The van der Waals surface area contributed by atoms with Gasteiger partial charge in [-0.15, -0.1) is 0 Å². The number of rotatable bonds is 2. The highest BCUT2D eigenvalue weighted by atomic mass is 15.3. The highest BCUT2D eigenvalue weighted by Crippen LogP contribution is 2.23. The van der Waals surface area contributed by atoms with Gasteiger partial charge >= 0.3 is 0 Å². The van der Waals surface area contributed by atoms with Crippen molar-refractivity contribution < 1.29 is 0 Å². The predicted molar refractivity (Wildman–Crippen MR) is 68.0 cm³/mol. The van der Waals surface area contributed by atoms with Gasteiger partial charge < -0.3 is 9.80 Å². The molecule has 0 saturated carbocycles. The third kappa shape index (κ3) is 2.40. The van der Waals surface area contributed by atoms with Crippen LogP contribution in [-0.2, 0) is 0 Å². The van der Waals surface area contributed by atoms with Gasteiger partial charge in [-0.3, -0.25) is 0 Å². The van der Waals surface area contributed by atoms with Gasteiger partial charge in [0.25, 0.3) is 0 Å². The molecule has 1 saturated heterocycles. The zero-order valence-electron chi connectivity index (χ0n) is 10.6. The summed E-state index contributed by atoms with van der Waals surface area (Å²) in [5.74, 6) is 0.844. The molecule has 1 aromatic heterocycles. The lowest BCUT2D eigenvalue weighted by Gasteiger charge is -2.21. The fourth-order valence-corrected chi connectivity index (χ4v) is 2.23. The summed E-state index contributed by atoms with van der Waals surface area (Å²) in [5, 5.41) is 9.12. The number of aryl methyl sites for hydroxylation is 1. The first kappa shape index (κ1) is 11.9. The summed E-state index contributed by atoms with van der Waals surface area (Å²) in [5.41, 5.74) is 1.64. The molecule has 0 spiro atoms. The third-order valence-electron chi connectivity index (χ3n) is 3.33. The van der Waals surface area contributed by atoms with Crippen LogP contribution >= 0.6 is 0 Å². The summed E-state index contributed by atoms with van der Waals surface area (Å²) in [6.07, 6.45) is 1.13. The molecule has 1 unspecified atom stereocenters. The minimum atomic E-state index is 0.559. The number of pyridine rings is 1. The molecule has 4 nitrogen and oxygen atoms in total. The highest BCUT2D eigenvalue weighted by molar-refractivity contribution is 5.55. The lowest BCUT2D eigenvalue weighted by atomic mass is 10.2. The fourth-order valence-electron chi connectivity index (χ4n) is 2.23. The number of anilines is 1. The van der Waals surface area contributed by atoms with Crippen molar-refractivity contribution in [2.45, 2.75) is 19.4 Å². The van der Waals surface area contributed by atoms with Crippen LogP contribution in [0.25, 0.3) is 0 Å². The molecule has 0 amide bonds. The Morgan fingerprint density at radius 2 is 2.24 bits per heavy atom. The van der Waals surface area contributed by atoms with Crippen LogP contribution in [0.4, 0.5) is 5.82 Å². The first-order valence-electron chi connectivity index (χ1n) is 5.91. The van der Waals surface area contributed by atoms with Gasteiger partial charge in [-0.25, -0.2) is 4.98 Å². The standard InChI is InChI=1S/C13H18N4/c1-10-4-5-11(8-14)13(15-10)17-7-6-12(9-17)16(2)3/h4-5,12H,6-7,9H2,1-3H3. The van der Waals surface area contributed by atoms with E-state index in [0.717, 1.165) is 31.0 Å². The Labute approximate surface area is 102 Å². The van der Waals surface area contributed by atoms with Crippen LogP contribution in [0.2, 0.25) is 0 Å². The topological polar surface area (TPSA) is 43.2 Å². The molecule has 17 heavy (non-hydrogen) atoms. The van der Waals surface area contributed by atoms with Crippen molar-refractivity contribution in [1.82, 2.24) is 9.88 Å². The number of likely N-dealkylation sites (N-methyl/N-ethyl adjacent to an activating group) is 1. The molecule has 0 aromatic carbocycles. The van der Waals surface area contributed by atoms with Crippen molar-refractivity contribution in [3.8, 4) is 6.07 Å². The number of hydrogen-bond acceptors (Lipinski definition) is 4.